The number of benzene rings is 1. The van der Waals surface area contributed by atoms with Crippen molar-refractivity contribution >= 4 is 11.8 Å². The Labute approximate surface area is 155 Å². The molecule has 9 heteroatoms. The van der Waals surface area contributed by atoms with E-state index in [4.69, 9.17) is 4.42 Å². The second-order valence-corrected chi connectivity index (χ2v) is 6.20. The summed E-state index contributed by atoms with van der Waals surface area (Å²) in [6, 6.07) is 12.1. The van der Waals surface area contributed by atoms with Gasteiger partial charge in [0.25, 0.3) is 11.8 Å². The van der Waals surface area contributed by atoms with Crippen molar-refractivity contribution in [3.05, 3.63) is 66.4 Å². The number of tetrazole rings is 1. The molecule has 1 fully saturated rings. The highest BCUT2D eigenvalue weighted by atomic mass is 16.3. The number of hydrogen-bond donors (Lipinski definition) is 0. The zero-order valence-electron chi connectivity index (χ0n) is 14.5. The summed E-state index contributed by atoms with van der Waals surface area (Å²) in [5.74, 6) is 0.0522. The third-order valence-corrected chi connectivity index (χ3v) is 4.59. The van der Waals surface area contributed by atoms with Gasteiger partial charge in [-0.25, -0.2) is 4.68 Å². The molecule has 0 aliphatic carbocycles. The minimum atomic E-state index is -0.631. The fourth-order valence-corrected chi connectivity index (χ4v) is 3.19. The smallest absolute Gasteiger partial charge is 0.289 e. The van der Waals surface area contributed by atoms with Crippen LogP contribution in [0.3, 0.4) is 0 Å². The van der Waals surface area contributed by atoms with Crippen LogP contribution in [0.15, 0.2) is 59.5 Å². The summed E-state index contributed by atoms with van der Waals surface area (Å²) < 4.78 is 6.63. The van der Waals surface area contributed by atoms with Gasteiger partial charge < -0.3 is 14.2 Å². The Morgan fingerprint density at radius 3 is 2.33 bits per heavy atom. The monoisotopic (exact) mass is 366 g/mol. The van der Waals surface area contributed by atoms with Crippen LogP contribution in [0.5, 0.6) is 0 Å². The minimum Gasteiger partial charge on any atom is -0.459 e. The summed E-state index contributed by atoms with van der Waals surface area (Å²) in [6.45, 7) is 1.78. The van der Waals surface area contributed by atoms with Crippen molar-refractivity contribution in [2.45, 2.75) is 6.04 Å². The fourth-order valence-electron chi connectivity index (χ4n) is 3.19. The zero-order chi connectivity index (χ0) is 18.6. The normalized spacial score (nSPS) is 15.6. The summed E-state index contributed by atoms with van der Waals surface area (Å²) in [5.41, 5.74) is 0.809. The van der Waals surface area contributed by atoms with E-state index in [9.17, 15) is 9.59 Å². The van der Waals surface area contributed by atoms with Crippen LogP contribution in [0.4, 0.5) is 0 Å². The number of carbonyl (C=O) groups excluding carboxylic acids is 2. The summed E-state index contributed by atoms with van der Waals surface area (Å²) in [6.07, 6.45) is 2.91. The molecule has 0 N–H and O–H groups in total. The van der Waals surface area contributed by atoms with Crippen LogP contribution in [0.1, 0.15) is 22.2 Å². The number of rotatable bonds is 4. The molecular weight excluding hydrogens is 348 g/mol. The Bertz CT molecular complexity index is 887. The van der Waals surface area contributed by atoms with Crippen molar-refractivity contribution < 1.29 is 14.0 Å². The SMILES string of the molecule is O=C(c1ccco1)N1CCN(C(=O)[C@H](c2ccccc2)n2cnnn2)CC1. The maximum absolute atomic E-state index is 13.2. The van der Waals surface area contributed by atoms with Crippen LogP contribution in [0, 0.1) is 0 Å². The van der Waals surface area contributed by atoms with Crippen LogP contribution in [-0.4, -0.2) is 68.0 Å². The first-order valence-electron chi connectivity index (χ1n) is 8.63. The first-order chi connectivity index (χ1) is 13.2. The Morgan fingerprint density at radius 2 is 1.70 bits per heavy atom. The van der Waals surface area contributed by atoms with E-state index < -0.39 is 6.04 Å². The van der Waals surface area contributed by atoms with Gasteiger partial charge in [0.05, 0.1) is 6.26 Å². The average molecular weight is 366 g/mol. The number of amides is 2. The van der Waals surface area contributed by atoms with Gasteiger partial charge >= 0.3 is 0 Å². The van der Waals surface area contributed by atoms with Crippen LogP contribution >= 0.6 is 0 Å². The van der Waals surface area contributed by atoms with Crippen molar-refractivity contribution in [3.63, 3.8) is 0 Å². The van der Waals surface area contributed by atoms with Gasteiger partial charge in [-0.05, 0) is 28.1 Å². The highest BCUT2D eigenvalue weighted by Gasteiger charge is 2.32. The summed E-state index contributed by atoms with van der Waals surface area (Å²) >= 11 is 0. The first-order valence-corrected chi connectivity index (χ1v) is 8.63. The fraction of sp³-hybridized carbons (Fsp3) is 0.278. The van der Waals surface area contributed by atoms with E-state index in [1.165, 1.54) is 17.3 Å². The molecule has 0 radical (unpaired) electrons. The van der Waals surface area contributed by atoms with E-state index in [1.54, 1.807) is 21.9 Å². The van der Waals surface area contributed by atoms with Crippen molar-refractivity contribution in [1.82, 2.24) is 30.0 Å². The third-order valence-electron chi connectivity index (χ3n) is 4.59. The third kappa shape index (κ3) is 3.43. The topological polar surface area (TPSA) is 97.4 Å². The molecule has 1 atom stereocenters. The van der Waals surface area contributed by atoms with Gasteiger partial charge in [-0.15, -0.1) is 5.10 Å². The van der Waals surface area contributed by atoms with Gasteiger partial charge in [0.15, 0.2) is 11.8 Å². The molecule has 2 amide bonds. The summed E-state index contributed by atoms with van der Waals surface area (Å²) in [4.78, 5) is 29.0. The second-order valence-electron chi connectivity index (χ2n) is 6.20. The lowest BCUT2D eigenvalue weighted by atomic mass is 10.1. The molecular formula is C18H18N6O3. The predicted molar refractivity (Wildman–Crippen MR) is 93.6 cm³/mol. The first kappa shape index (κ1) is 17.0. The number of aromatic nitrogens is 4. The van der Waals surface area contributed by atoms with E-state index in [0.717, 1.165) is 5.56 Å². The van der Waals surface area contributed by atoms with E-state index in [-0.39, 0.29) is 11.8 Å². The molecule has 1 saturated heterocycles. The van der Waals surface area contributed by atoms with Crippen LogP contribution in [0.25, 0.3) is 0 Å². The lowest BCUT2D eigenvalue weighted by Crippen LogP contribution is -2.52. The molecule has 0 unspecified atom stereocenters. The maximum Gasteiger partial charge on any atom is 0.289 e. The van der Waals surface area contributed by atoms with E-state index in [2.05, 4.69) is 15.5 Å². The second kappa shape index (κ2) is 7.40. The molecule has 1 aliphatic heterocycles. The van der Waals surface area contributed by atoms with Crippen molar-refractivity contribution in [3.8, 4) is 0 Å². The van der Waals surface area contributed by atoms with Crippen LogP contribution in [0.2, 0.25) is 0 Å². The molecule has 1 aromatic carbocycles. The Morgan fingerprint density at radius 1 is 0.963 bits per heavy atom. The Balaban J connectivity index is 1.48. The highest BCUT2D eigenvalue weighted by molar-refractivity contribution is 5.91. The molecule has 9 nitrogen and oxygen atoms in total. The lowest BCUT2D eigenvalue weighted by molar-refractivity contribution is -0.135. The number of hydrogen-bond acceptors (Lipinski definition) is 6. The predicted octanol–water partition coefficient (Wildman–Crippen LogP) is 0.840. The van der Waals surface area contributed by atoms with E-state index in [1.807, 2.05) is 30.3 Å². The molecule has 27 heavy (non-hydrogen) atoms. The number of furan rings is 1. The Kier molecular flexibility index (Phi) is 4.65. The minimum absolute atomic E-state index is 0.0985. The van der Waals surface area contributed by atoms with E-state index in [0.29, 0.717) is 31.9 Å². The van der Waals surface area contributed by atoms with Gasteiger partial charge in [0, 0.05) is 26.2 Å². The molecule has 138 valence electrons. The highest BCUT2D eigenvalue weighted by Crippen LogP contribution is 2.21. The zero-order valence-corrected chi connectivity index (χ0v) is 14.5. The lowest BCUT2D eigenvalue weighted by Gasteiger charge is -2.36. The molecule has 1 aliphatic rings. The average Bonchev–Trinajstić information content (AvgIpc) is 3.43. The molecule has 3 aromatic rings. The van der Waals surface area contributed by atoms with Crippen molar-refractivity contribution in [2.24, 2.45) is 0 Å². The number of piperazine rings is 1. The standard InChI is InChI=1S/C18H18N6O3/c25-17(15-7-4-12-27-15)22-8-10-23(11-9-22)18(26)16(24-13-19-20-21-24)14-5-2-1-3-6-14/h1-7,12-13,16H,8-11H2/t16-/m0/s1. The van der Waals surface area contributed by atoms with Crippen LogP contribution < -0.4 is 0 Å². The number of carbonyl (C=O) groups is 2. The largest absolute Gasteiger partial charge is 0.459 e. The quantitative estimate of drug-likeness (QED) is 0.679. The van der Waals surface area contributed by atoms with E-state index >= 15 is 0 Å². The van der Waals surface area contributed by atoms with Gasteiger partial charge in [0.2, 0.25) is 0 Å². The van der Waals surface area contributed by atoms with Gasteiger partial charge in [0.1, 0.15) is 6.33 Å². The van der Waals surface area contributed by atoms with Gasteiger partial charge in [-0.2, -0.15) is 0 Å². The van der Waals surface area contributed by atoms with Crippen LogP contribution in [-0.2, 0) is 4.79 Å². The Hall–Kier alpha value is -3.49. The number of nitrogens with zero attached hydrogens (tertiary/aromatic N) is 6. The van der Waals surface area contributed by atoms with Crippen molar-refractivity contribution in [2.75, 3.05) is 26.2 Å². The van der Waals surface area contributed by atoms with Gasteiger partial charge in [-0.1, -0.05) is 30.3 Å². The molecule has 0 saturated carbocycles. The molecule has 0 spiro atoms. The summed E-state index contributed by atoms with van der Waals surface area (Å²) in [7, 11) is 0. The molecule has 0 bridgehead atoms. The summed E-state index contributed by atoms with van der Waals surface area (Å²) in [5, 5.41) is 11.2. The molecule has 3 heterocycles. The maximum atomic E-state index is 13.2. The van der Waals surface area contributed by atoms with Crippen molar-refractivity contribution in [1.29, 1.82) is 0 Å². The molecule has 2 aromatic heterocycles. The molecule has 4 rings (SSSR count). The van der Waals surface area contributed by atoms with Gasteiger partial charge in [-0.3, -0.25) is 9.59 Å².